The Balaban J connectivity index is 1.90. The molecule has 2 N–H and O–H groups in total. The molecule has 0 radical (unpaired) electrons. The van der Waals surface area contributed by atoms with Crippen LogP contribution in [0.3, 0.4) is 0 Å². The van der Waals surface area contributed by atoms with Gasteiger partial charge in [0.15, 0.2) is 0 Å². The van der Waals surface area contributed by atoms with Crippen molar-refractivity contribution >= 4 is 23.2 Å². The van der Waals surface area contributed by atoms with E-state index in [4.69, 9.17) is 4.74 Å². The lowest BCUT2D eigenvalue weighted by molar-refractivity contribution is -0.116. The molecule has 2 aromatic rings. The summed E-state index contributed by atoms with van der Waals surface area (Å²) in [5, 5.41) is 5.52. The van der Waals surface area contributed by atoms with Crippen molar-refractivity contribution in [3.05, 3.63) is 54.1 Å². The first-order valence-corrected chi connectivity index (χ1v) is 8.17. The molecule has 0 unspecified atom stereocenters. The monoisotopic (exact) mass is 340 g/mol. The van der Waals surface area contributed by atoms with Crippen LogP contribution in [0, 0.1) is 0 Å². The van der Waals surface area contributed by atoms with Crippen molar-refractivity contribution in [2.75, 3.05) is 10.6 Å². The van der Waals surface area contributed by atoms with Crippen LogP contribution in [-0.2, 0) is 16.0 Å². The highest BCUT2D eigenvalue weighted by Gasteiger charge is 2.12. The Morgan fingerprint density at radius 1 is 0.880 bits per heavy atom. The highest BCUT2D eigenvalue weighted by Crippen LogP contribution is 2.19. The minimum Gasteiger partial charge on any atom is -0.488 e. The van der Waals surface area contributed by atoms with E-state index in [1.54, 1.807) is 24.3 Å². The van der Waals surface area contributed by atoms with Crippen molar-refractivity contribution in [3.63, 3.8) is 0 Å². The van der Waals surface area contributed by atoms with Gasteiger partial charge in [0.2, 0.25) is 11.8 Å². The van der Waals surface area contributed by atoms with Gasteiger partial charge < -0.3 is 15.4 Å². The molecule has 0 saturated carbocycles. The number of carbonyl (C=O) groups excluding carboxylic acids is 2. The number of benzene rings is 2. The lowest BCUT2D eigenvalue weighted by Crippen LogP contribution is -2.22. The topological polar surface area (TPSA) is 67.4 Å². The first-order chi connectivity index (χ1) is 11.7. The SMILES string of the molecule is CC(=O)Nc1ccc(NC(=O)Cc2ccc(OC(C)(C)C)cc2)cc1. The number of nitrogens with one attached hydrogen (secondary N) is 2. The Bertz CT molecular complexity index is 729. The van der Waals surface area contributed by atoms with Gasteiger partial charge in [-0.25, -0.2) is 0 Å². The maximum absolute atomic E-state index is 12.1. The Hall–Kier alpha value is -2.82. The van der Waals surface area contributed by atoms with Crippen LogP contribution in [0.1, 0.15) is 33.3 Å². The lowest BCUT2D eigenvalue weighted by Gasteiger charge is -2.21. The summed E-state index contributed by atoms with van der Waals surface area (Å²) in [6.45, 7) is 7.43. The quantitative estimate of drug-likeness (QED) is 0.864. The van der Waals surface area contributed by atoms with Crippen LogP contribution in [0.5, 0.6) is 5.75 Å². The Kier molecular flexibility index (Phi) is 5.80. The third-order valence-electron chi connectivity index (χ3n) is 3.20. The fourth-order valence-electron chi connectivity index (χ4n) is 2.26. The molecule has 0 fully saturated rings. The fourth-order valence-corrected chi connectivity index (χ4v) is 2.26. The predicted octanol–water partition coefficient (Wildman–Crippen LogP) is 4.00. The van der Waals surface area contributed by atoms with Crippen LogP contribution < -0.4 is 15.4 Å². The molecule has 5 nitrogen and oxygen atoms in total. The molecular weight excluding hydrogens is 316 g/mol. The van der Waals surface area contributed by atoms with Crippen molar-refractivity contribution in [3.8, 4) is 5.75 Å². The van der Waals surface area contributed by atoms with Gasteiger partial charge in [-0.15, -0.1) is 0 Å². The average Bonchev–Trinajstić information content (AvgIpc) is 2.49. The molecule has 0 spiro atoms. The van der Waals surface area contributed by atoms with E-state index in [0.717, 1.165) is 11.3 Å². The van der Waals surface area contributed by atoms with Gasteiger partial charge >= 0.3 is 0 Å². The number of hydrogen-bond acceptors (Lipinski definition) is 3. The molecule has 0 aliphatic heterocycles. The summed E-state index contributed by atoms with van der Waals surface area (Å²) in [7, 11) is 0. The molecule has 132 valence electrons. The Labute approximate surface area is 148 Å². The molecule has 2 rings (SSSR count). The minimum atomic E-state index is -0.248. The largest absolute Gasteiger partial charge is 0.488 e. The van der Waals surface area contributed by atoms with Gasteiger partial charge in [0, 0.05) is 18.3 Å². The number of anilines is 2. The third kappa shape index (κ3) is 6.67. The second kappa shape index (κ2) is 7.83. The molecule has 0 heterocycles. The number of hydrogen-bond donors (Lipinski definition) is 2. The Morgan fingerprint density at radius 3 is 1.88 bits per heavy atom. The second-order valence-corrected chi connectivity index (χ2v) is 6.84. The predicted molar refractivity (Wildman–Crippen MR) is 99.9 cm³/mol. The summed E-state index contributed by atoms with van der Waals surface area (Å²) in [4.78, 5) is 23.1. The summed E-state index contributed by atoms with van der Waals surface area (Å²) >= 11 is 0. The van der Waals surface area contributed by atoms with E-state index in [0.29, 0.717) is 11.4 Å². The summed E-state index contributed by atoms with van der Waals surface area (Å²) < 4.78 is 5.77. The molecule has 0 bridgehead atoms. The van der Waals surface area contributed by atoms with Crippen LogP contribution in [0.4, 0.5) is 11.4 Å². The summed E-state index contributed by atoms with van der Waals surface area (Å²) in [6.07, 6.45) is 0.281. The van der Waals surface area contributed by atoms with E-state index >= 15 is 0 Å². The third-order valence-corrected chi connectivity index (χ3v) is 3.20. The number of ether oxygens (including phenoxy) is 1. The average molecular weight is 340 g/mol. The van der Waals surface area contributed by atoms with Gasteiger partial charge in [-0.2, -0.15) is 0 Å². The minimum absolute atomic E-state index is 0.100. The van der Waals surface area contributed by atoms with Crippen LogP contribution >= 0.6 is 0 Å². The zero-order valence-electron chi connectivity index (χ0n) is 15.1. The summed E-state index contributed by atoms with van der Waals surface area (Å²) in [5.74, 6) is 0.553. The molecule has 0 aliphatic rings. The molecule has 0 aliphatic carbocycles. The van der Waals surface area contributed by atoms with Crippen LogP contribution in [0.15, 0.2) is 48.5 Å². The zero-order chi connectivity index (χ0) is 18.4. The van der Waals surface area contributed by atoms with Gasteiger partial charge in [0.05, 0.1) is 6.42 Å². The molecule has 0 aromatic heterocycles. The van der Waals surface area contributed by atoms with Crippen molar-refractivity contribution in [2.45, 2.75) is 39.7 Å². The van der Waals surface area contributed by atoms with Crippen molar-refractivity contribution < 1.29 is 14.3 Å². The maximum Gasteiger partial charge on any atom is 0.228 e. The molecule has 0 atom stereocenters. The van der Waals surface area contributed by atoms with Gasteiger partial charge in [-0.3, -0.25) is 9.59 Å². The van der Waals surface area contributed by atoms with Crippen molar-refractivity contribution in [2.24, 2.45) is 0 Å². The Morgan fingerprint density at radius 2 is 1.40 bits per heavy atom. The van der Waals surface area contributed by atoms with Crippen molar-refractivity contribution in [1.29, 1.82) is 0 Å². The molecule has 2 amide bonds. The summed E-state index contributed by atoms with van der Waals surface area (Å²) in [6, 6.07) is 14.5. The fraction of sp³-hybridized carbons (Fsp3) is 0.300. The van der Waals surface area contributed by atoms with E-state index in [2.05, 4.69) is 10.6 Å². The number of carbonyl (C=O) groups is 2. The highest BCUT2D eigenvalue weighted by molar-refractivity contribution is 5.93. The van der Waals surface area contributed by atoms with Gasteiger partial charge in [0.1, 0.15) is 11.4 Å². The summed E-state index contributed by atoms with van der Waals surface area (Å²) in [5.41, 5.74) is 2.04. The standard InChI is InChI=1S/C20H24N2O3/c1-14(23)21-16-7-9-17(10-8-16)22-19(24)13-15-5-11-18(12-6-15)25-20(2,3)4/h5-12H,13H2,1-4H3,(H,21,23)(H,22,24). The molecule has 25 heavy (non-hydrogen) atoms. The maximum atomic E-state index is 12.1. The zero-order valence-corrected chi connectivity index (χ0v) is 15.1. The first kappa shape index (κ1) is 18.5. The van der Waals surface area contributed by atoms with Crippen LogP contribution in [0.2, 0.25) is 0 Å². The molecular formula is C20H24N2O3. The first-order valence-electron chi connectivity index (χ1n) is 8.17. The van der Waals surface area contributed by atoms with E-state index in [-0.39, 0.29) is 23.8 Å². The number of amides is 2. The van der Waals surface area contributed by atoms with Crippen molar-refractivity contribution in [1.82, 2.24) is 0 Å². The second-order valence-electron chi connectivity index (χ2n) is 6.84. The van der Waals surface area contributed by atoms with E-state index in [1.807, 2.05) is 45.0 Å². The van der Waals surface area contributed by atoms with E-state index < -0.39 is 0 Å². The normalized spacial score (nSPS) is 10.9. The molecule has 0 saturated heterocycles. The smallest absolute Gasteiger partial charge is 0.228 e. The lowest BCUT2D eigenvalue weighted by atomic mass is 10.1. The van der Waals surface area contributed by atoms with Crippen LogP contribution in [-0.4, -0.2) is 17.4 Å². The van der Waals surface area contributed by atoms with Gasteiger partial charge in [-0.1, -0.05) is 12.1 Å². The van der Waals surface area contributed by atoms with Crippen LogP contribution in [0.25, 0.3) is 0 Å². The molecule has 5 heteroatoms. The van der Waals surface area contributed by atoms with E-state index in [9.17, 15) is 9.59 Å². The van der Waals surface area contributed by atoms with Gasteiger partial charge in [-0.05, 0) is 62.7 Å². The highest BCUT2D eigenvalue weighted by atomic mass is 16.5. The van der Waals surface area contributed by atoms with Gasteiger partial charge in [0.25, 0.3) is 0 Å². The van der Waals surface area contributed by atoms with E-state index in [1.165, 1.54) is 6.92 Å². The number of rotatable bonds is 5. The molecule has 2 aromatic carbocycles.